The Balaban J connectivity index is 1.54. The van der Waals surface area contributed by atoms with Crippen LogP contribution >= 0.6 is 0 Å². The van der Waals surface area contributed by atoms with Gasteiger partial charge in [-0.2, -0.15) is 0 Å². The Kier molecular flexibility index (Phi) is 5.03. The molecule has 6 nitrogen and oxygen atoms in total. The number of nitrogens with one attached hydrogen (secondary N) is 1. The number of likely N-dealkylation sites (tertiary alicyclic amines) is 1. The minimum Gasteiger partial charge on any atom is -0.497 e. The molecule has 2 heterocycles. The van der Waals surface area contributed by atoms with Gasteiger partial charge in [-0.1, -0.05) is 0 Å². The van der Waals surface area contributed by atoms with Gasteiger partial charge in [-0.25, -0.2) is 4.98 Å². The van der Waals surface area contributed by atoms with Gasteiger partial charge in [-0.05, 0) is 44.0 Å². The molecule has 0 spiro atoms. The number of aromatic amines is 1. The Labute approximate surface area is 141 Å². The first-order valence-corrected chi connectivity index (χ1v) is 8.22. The van der Waals surface area contributed by atoms with Crippen molar-refractivity contribution in [1.82, 2.24) is 14.9 Å². The van der Waals surface area contributed by atoms with Crippen LogP contribution in [-0.2, 0) is 4.79 Å². The molecule has 1 atom stereocenters. The number of carbonyl (C=O) groups excluding carboxylic acids is 1. The summed E-state index contributed by atoms with van der Waals surface area (Å²) in [6, 6.07) is 7.24. The zero-order valence-corrected chi connectivity index (χ0v) is 14.1. The Bertz CT molecular complexity index is 681. The van der Waals surface area contributed by atoms with Crippen LogP contribution in [0.3, 0.4) is 0 Å². The van der Waals surface area contributed by atoms with Gasteiger partial charge in [0.25, 0.3) is 5.91 Å². The molecule has 0 saturated carbocycles. The van der Waals surface area contributed by atoms with E-state index < -0.39 is 0 Å². The Morgan fingerprint density at radius 2 is 2.08 bits per heavy atom. The summed E-state index contributed by atoms with van der Waals surface area (Å²) in [6.45, 7) is 3.51. The van der Waals surface area contributed by atoms with E-state index in [9.17, 15) is 4.79 Å². The number of H-pyrrole nitrogens is 1. The first kappa shape index (κ1) is 16.4. The van der Waals surface area contributed by atoms with Crippen LogP contribution in [0.15, 0.2) is 30.5 Å². The van der Waals surface area contributed by atoms with Gasteiger partial charge in [-0.15, -0.1) is 0 Å². The smallest absolute Gasteiger partial charge is 0.260 e. The number of piperidine rings is 1. The van der Waals surface area contributed by atoms with E-state index in [1.54, 1.807) is 19.2 Å². The van der Waals surface area contributed by atoms with Crippen LogP contribution in [0.25, 0.3) is 0 Å². The SMILES string of the molecule is COc1ccc(OCC(=O)N2CCCC(c3ncc(C)[nH]3)C2)cc1. The molecular formula is C18H23N3O3. The third-order valence-corrected chi connectivity index (χ3v) is 4.31. The molecule has 2 aromatic rings. The number of imidazole rings is 1. The first-order chi connectivity index (χ1) is 11.7. The van der Waals surface area contributed by atoms with Crippen molar-refractivity contribution in [3.63, 3.8) is 0 Å². The lowest BCUT2D eigenvalue weighted by Crippen LogP contribution is -2.41. The van der Waals surface area contributed by atoms with Gasteiger partial charge < -0.3 is 19.4 Å². The number of carbonyl (C=O) groups is 1. The van der Waals surface area contributed by atoms with Crippen molar-refractivity contribution in [2.24, 2.45) is 0 Å². The summed E-state index contributed by atoms with van der Waals surface area (Å²) in [5, 5.41) is 0. The number of rotatable bonds is 5. The fourth-order valence-corrected chi connectivity index (χ4v) is 2.98. The third kappa shape index (κ3) is 3.88. The number of methoxy groups -OCH3 is 1. The molecular weight excluding hydrogens is 306 g/mol. The number of ether oxygens (including phenoxy) is 2. The van der Waals surface area contributed by atoms with Gasteiger partial charge in [0.1, 0.15) is 17.3 Å². The molecule has 1 saturated heterocycles. The van der Waals surface area contributed by atoms with Gasteiger partial charge in [0.15, 0.2) is 6.61 Å². The molecule has 1 amide bonds. The van der Waals surface area contributed by atoms with Crippen molar-refractivity contribution < 1.29 is 14.3 Å². The summed E-state index contributed by atoms with van der Waals surface area (Å²) in [5.41, 5.74) is 1.05. The van der Waals surface area contributed by atoms with Gasteiger partial charge in [0.2, 0.25) is 0 Å². The number of hydrogen-bond acceptors (Lipinski definition) is 4. The number of benzene rings is 1. The second-order valence-corrected chi connectivity index (χ2v) is 6.09. The molecule has 1 fully saturated rings. The number of hydrogen-bond donors (Lipinski definition) is 1. The normalized spacial score (nSPS) is 17.6. The van der Waals surface area contributed by atoms with E-state index in [0.29, 0.717) is 12.3 Å². The van der Waals surface area contributed by atoms with E-state index in [1.807, 2.05) is 30.2 Å². The van der Waals surface area contributed by atoms with Crippen molar-refractivity contribution in [2.75, 3.05) is 26.8 Å². The zero-order valence-electron chi connectivity index (χ0n) is 14.1. The highest BCUT2D eigenvalue weighted by molar-refractivity contribution is 5.78. The molecule has 0 aliphatic carbocycles. The molecule has 24 heavy (non-hydrogen) atoms. The van der Waals surface area contributed by atoms with Crippen molar-refractivity contribution in [2.45, 2.75) is 25.7 Å². The van der Waals surface area contributed by atoms with Gasteiger partial charge in [0.05, 0.1) is 7.11 Å². The minimum absolute atomic E-state index is 0.0128. The Morgan fingerprint density at radius 3 is 2.75 bits per heavy atom. The summed E-state index contributed by atoms with van der Waals surface area (Å²) >= 11 is 0. The molecule has 1 N–H and O–H groups in total. The zero-order chi connectivity index (χ0) is 16.9. The third-order valence-electron chi connectivity index (χ3n) is 4.31. The van der Waals surface area contributed by atoms with E-state index >= 15 is 0 Å². The van der Waals surface area contributed by atoms with E-state index in [4.69, 9.17) is 9.47 Å². The van der Waals surface area contributed by atoms with E-state index in [0.717, 1.165) is 36.7 Å². The van der Waals surface area contributed by atoms with Crippen molar-refractivity contribution >= 4 is 5.91 Å². The molecule has 6 heteroatoms. The quantitative estimate of drug-likeness (QED) is 0.915. The Hall–Kier alpha value is -2.50. The van der Waals surface area contributed by atoms with Crippen LogP contribution in [0.2, 0.25) is 0 Å². The number of aromatic nitrogens is 2. The molecule has 3 rings (SSSR count). The van der Waals surface area contributed by atoms with Crippen molar-refractivity contribution in [3.8, 4) is 11.5 Å². The predicted molar refractivity (Wildman–Crippen MR) is 90.4 cm³/mol. The van der Waals surface area contributed by atoms with Gasteiger partial charge in [-0.3, -0.25) is 4.79 Å². The molecule has 0 bridgehead atoms. The standard InChI is InChI=1S/C18H23N3O3/c1-13-10-19-18(20-13)14-4-3-9-21(11-14)17(22)12-24-16-7-5-15(23-2)6-8-16/h5-8,10,14H,3-4,9,11-12H2,1-2H3,(H,19,20). The van der Waals surface area contributed by atoms with Crippen molar-refractivity contribution in [1.29, 1.82) is 0 Å². The second kappa shape index (κ2) is 7.38. The largest absolute Gasteiger partial charge is 0.497 e. The summed E-state index contributed by atoms with van der Waals surface area (Å²) in [6.07, 6.45) is 3.87. The maximum atomic E-state index is 12.4. The lowest BCUT2D eigenvalue weighted by Gasteiger charge is -2.31. The Morgan fingerprint density at radius 1 is 1.33 bits per heavy atom. The van der Waals surface area contributed by atoms with Gasteiger partial charge in [0, 0.05) is 30.9 Å². The van der Waals surface area contributed by atoms with E-state index in [-0.39, 0.29) is 18.4 Å². The lowest BCUT2D eigenvalue weighted by molar-refractivity contribution is -0.134. The van der Waals surface area contributed by atoms with Gasteiger partial charge >= 0.3 is 0 Å². The predicted octanol–water partition coefficient (Wildman–Crippen LogP) is 2.51. The van der Waals surface area contributed by atoms with E-state index in [2.05, 4.69) is 9.97 Å². The van der Waals surface area contributed by atoms with Crippen LogP contribution in [0, 0.1) is 6.92 Å². The number of amides is 1. The molecule has 1 aliphatic rings. The summed E-state index contributed by atoms with van der Waals surface area (Å²) in [4.78, 5) is 22.0. The first-order valence-electron chi connectivity index (χ1n) is 8.22. The maximum Gasteiger partial charge on any atom is 0.260 e. The number of aryl methyl sites for hydroxylation is 1. The highest BCUT2D eigenvalue weighted by atomic mass is 16.5. The molecule has 1 aromatic heterocycles. The lowest BCUT2D eigenvalue weighted by atomic mass is 9.97. The van der Waals surface area contributed by atoms with Crippen LogP contribution in [0.4, 0.5) is 0 Å². The molecule has 1 aliphatic heterocycles. The topological polar surface area (TPSA) is 67.5 Å². The maximum absolute atomic E-state index is 12.4. The summed E-state index contributed by atoms with van der Waals surface area (Å²) in [5.74, 6) is 2.69. The average Bonchev–Trinajstić information content (AvgIpc) is 3.06. The van der Waals surface area contributed by atoms with E-state index in [1.165, 1.54) is 0 Å². The fourth-order valence-electron chi connectivity index (χ4n) is 2.98. The summed E-state index contributed by atoms with van der Waals surface area (Å²) < 4.78 is 10.7. The summed E-state index contributed by atoms with van der Waals surface area (Å²) in [7, 11) is 1.62. The minimum atomic E-state index is 0.0128. The van der Waals surface area contributed by atoms with Crippen LogP contribution < -0.4 is 9.47 Å². The molecule has 0 radical (unpaired) electrons. The fraction of sp³-hybridized carbons (Fsp3) is 0.444. The van der Waals surface area contributed by atoms with Crippen LogP contribution in [0.1, 0.15) is 30.3 Å². The van der Waals surface area contributed by atoms with Crippen LogP contribution in [0.5, 0.6) is 11.5 Å². The molecule has 128 valence electrons. The number of nitrogens with zero attached hydrogens (tertiary/aromatic N) is 2. The average molecular weight is 329 g/mol. The van der Waals surface area contributed by atoms with Crippen LogP contribution in [-0.4, -0.2) is 47.6 Å². The molecule has 1 aromatic carbocycles. The highest BCUT2D eigenvalue weighted by Gasteiger charge is 2.26. The second-order valence-electron chi connectivity index (χ2n) is 6.09. The highest BCUT2D eigenvalue weighted by Crippen LogP contribution is 2.25. The monoisotopic (exact) mass is 329 g/mol. The molecule has 1 unspecified atom stereocenters. The van der Waals surface area contributed by atoms with Crippen molar-refractivity contribution in [3.05, 3.63) is 42.0 Å².